The number of hydrogen-bond donors (Lipinski definition) is 1. The van der Waals surface area contributed by atoms with Crippen molar-refractivity contribution < 1.29 is 9.90 Å². The monoisotopic (exact) mass is 337 g/mol. The van der Waals surface area contributed by atoms with Gasteiger partial charge in [0.15, 0.2) is 5.65 Å². The summed E-state index contributed by atoms with van der Waals surface area (Å²) < 4.78 is 1.78. The number of aromatic nitrogens is 3. The zero-order valence-corrected chi connectivity index (χ0v) is 13.7. The van der Waals surface area contributed by atoms with Crippen molar-refractivity contribution in [3.63, 3.8) is 0 Å². The molecule has 0 bridgehead atoms. The second kappa shape index (κ2) is 6.52. The van der Waals surface area contributed by atoms with Crippen LogP contribution in [0.1, 0.15) is 15.9 Å². The van der Waals surface area contributed by atoms with E-state index in [1.807, 2.05) is 30.5 Å². The zero-order valence-electron chi connectivity index (χ0n) is 13.7. The summed E-state index contributed by atoms with van der Waals surface area (Å²) in [6, 6.07) is 11.2. The Balaban J connectivity index is 1.42. The first-order valence-corrected chi connectivity index (χ1v) is 8.29. The van der Waals surface area contributed by atoms with E-state index in [1.165, 1.54) is 0 Å². The molecule has 128 valence electrons. The molecule has 0 atom stereocenters. The molecule has 1 N–H and O–H groups in total. The number of carboxylic acids is 1. The van der Waals surface area contributed by atoms with Gasteiger partial charge in [0, 0.05) is 45.1 Å². The number of carboxylic acid groups (broad SMARTS) is 1. The van der Waals surface area contributed by atoms with Crippen molar-refractivity contribution in [2.75, 3.05) is 31.1 Å². The largest absolute Gasteiger partial charge is 0.478 e. The third-order valence-corrected chi connectivity index (χ3v) is 4.58. The summed E-state index contributed by atoms with van der Waals surface area (Å²) >= 11 is 0. The second-order valence-electron chi connectivity index (χ2n) is 6.15. The van der Waals surface area contributed by atoms with E-state index in [4.69, 9.17) is 0 Å². The van der Waals surface area contributed by atoms with Crippen LogP contribution in [-0.4, -0.2) is 56.8 Å². The average molecular weight is 337 g/mol. The molecule has 3 heterocycles. The highest BCUT2D eigenvalue weighted by Crippen LogP contribution is 2.17. The predicted molar refractivity (Wildman–Crippen MR) is 93.9 cm³/mol. The molecule has 7 heteroatoms. The topological polar surface area (TPSA) is 74.0 Å². The highest BCUT2D eigenvalue weighted by Gasteiger charge is 2.20. The van der Waals surface area contributed by atoms with Gasteiger partial charge in [-0.05, 0) is 23.8 Å². The van der Waals surface area contributed by atoms with Crippen molar-refractivity contribution >= 4 is 17.4 Å². The van der Waals surface area contributed by atoms with Crippen LogP contribution in [0.3, 0.4) is 0 Å². The molecule has 0 aliphatic carbocycles. The number of anilines is 1. The minimum atomic E-state index is -0.868. The molecule has 25 heavy (non-hydrogen) atoms. The summed E-state index contributed by atoms with van der Waals surface area (Å²) in [6.45, 7) is 4.13. The number of rotatable bonds is 4. The third kappa shape index (κ3) is 3.18. The van der Waals surface area contributed by atoms with Crippen molar-refractivity contribution in [1.82, 2.24) is 19.5 Å². The van der Waals surface area contributed by atoms with Crippen LogP contribution in [0.4, 0.5) is 5.82 Å². The van der Waals surface area contributed by atoms with Crippen LogP contribution in [0.2, 0.25) is 0 Å². The van der Waals surface area contributed by atoms with Gasteiger partial charge in [0.25, 0.3) is 0 Å². The van der Waals surface area contributed by atoms with Gasteiger partial charge in [-0.3, -0.25) is 4.90 Å². The van der Waals surface area contributed by atoms with Gasteiger partial charge in [0.1, 0.15) is 5.82 Å². The molecule has 0 radical (unpaired) electrons. The zero-order chi connectivity index (χ0) is 17.2. The third-order valence-electron chi connectivity index (χ3n) is 4.58. The molecule has 1 saturated heterocycles. The van der Waals surface area contributed by atoms with E-state index >= 15 is 0 Å². The molecule has 0 unspecified atom stereocenters. The lowest BCUT2D eigenvalue weighted by Gasteiger charge is -2.35. The Bertz CT molecular complexity index is 899. The van der Waals surface area contributed by atoms with Gasteiger partial charge in [0.05, 0.1) is 5.56 Å². The molecule has 3 aromatic rings. The van der Waals surface area contributed by atoms with Gasteiger partial charge in [0.2, 0.25) is 0 Å². The van der Waals surface area contributed by atoms with Gasteiger partial charge in [-0.2, -0.15) is 0 Å². The van der Waals surface area contributed by atoms with E-state index in [2.05, 4.69) is 19.9 Å². The molecule has 0 saturated carbocycles. The standard InChI is InChI=1S/C18H19N5O2/c24-18(25)15-4-2-1-3-14(15)13-21-9-11-22(12-10-21)17-6-5-16-19-7-8-23(16)20-17/h1-8H,9-13H2,(H,24,25). The van der Waals surface area contributed by atoms with E-state index in [-0.39, 0.29) is 0 Å². The van der Waals surface area contributed by atoms with E-state index in [9.17, 15) is 9.90 Å². The Kier molecular flexibility index (Phi) is 4.07. The maximum Gasteiger partial charge on any atom is 0.336 e. The molecule has 7 nitrogen and oxygen atoms in total. The van der Waals surface area contributed by atoms with Crippen LogP contribution >= 0.6 is 0 Å². The van der Waals surface area contributed by atoms with Gasteiger partial charge in [-0.15, -0.1) is 5.10 Å². The minimum absolute atomic E-state index is 0.386. The number of hydrogen-bond acceptors (Lipinski definition) is 5. The van der Waals surface area contributed by atoms with Crippen molar-refractivity contribution in [1.29, 1.82) is 0 Å². The number of carbonyl (C=O) groups is 1. The van der Waals surface area contributed by atoms with Crippen LogP contribution < -0.4 is 4.90 Å². The van der Waals surface area contributed by atoms with Gasteiger partial charge in [-0.25, -0.2) is 14.3 Å². The predicted octanol–water partition coefficient (Wildman–Crippen LogP) is 1.75. The van der Waals surface area contributed by atoms with Crippen LogP contribution in [-0.2, 0) is 6.54 Å². The molecule has 2 aromatic heterocycles. The first-order chi connectivity index (χ1) is 12.2. The normalized spacial score (nSPS) is 15.6. The fourth-order valence-corrected chi connectivity index (χ4v) is 3.22. The van der Waals surface area contributed by atoms with Crippen LogP contribution in [0.15, 0.2) is 48.8 Å². The summed E-state index contributed by atoms with van der Waals surface area (Å²) in [5, 5.41) is 13.9. The maximum atomic E-state index is 11.3. The highest BCUT2D eigenvalue weighted by molar-refractivity contribution is 5.89. The Morgan fingerprint density at radius 3 is 2.68 bits per heavy atom. The molecule has 1 aliphatic heterocycles. The lowest BCUT2D eigenvalue weighted by molar-refractivity contribution is 0.0694. The van der Waals surface area contributed by atoms with Gasteiger partial charge < -0.3 is 10.0 Å². The number of imidazole rings is 1. The smallest absolute Gasteiger partial charge is 0.336 e. The first kappa shape index (κ1) is 15.6. The lowest BCUT2D eigenvalue weighted by atomic mass is 10.1. The van der Waals surface area contributed by atoms with E-state index < -0.39 is 5.97 Å². The van der Waals surface area contributed by atoms with Crippen LogP contribution in [0, 0.1) is 0 Å². The van der Waals surface area contributed by atoms with Gasteiger partial charge >= 0.3 is 5.97 Å². The Morgan fingerprint density at radius 1 is 1.08 bits per heavy atom. The maximum absolute atomic E-state index is 11.3. The first-order valence-electron chi connectivity index (χ1n) is 8.29. The number of benzene rings is 1. The Morgan fingerprint density at radius 2 is 1.88 bits per heavy atom. The summed E-state index contributed by atoms with van der Waals surface area (Å²) in [7, 11) is 0. The lowest BCUT2D eigenvalue weighted by Crippen LogP contribution is -2.46. The Hall–Kier alpha value is -2.93. The number of fused-ring (bicyclic) bond motifs is 1. The van der Waals surface area contributed by atoms with E-state index in [1.54, 1.807) is 22.8 Å². The molecule has 4 rings (SSSR count). The molecule has 1 aliphatic rings. The summed E-state index contributed by atoms with van der Waals surface area (Å²) in [5.74, 6) is 0.0724. The van der Waals surface area contributed by atoms with Gasteiger partial charge in [-0.1, -0.05) is 18.2 Å². The van der Waals surface area contributed by atoms with Crippen molar-refractivity contribution in [2.24, 2.45) is 0 Å². The van der Waals surface area contributed by atoms with E-state index in [0.717, 1.165) is 43.2 Å². The summed E-state index contributed by atoms with van der Waals surface area (Å²) in [5.41, 5.74) is 2.09. The molecule has 1 aromatic carbocycles. The van der Waals surface area contributed by atoms with Crippen molar-refractivity contribution in [2.45, 2.75) is 6.54 Å². The molecule has 1 fully saturated rings. The molecular formula is C18H19N5O2. The number of aromatic carboxylic acids is 1. The Labute approximate surface area is 145 Å². The molecular weight excluding hydrogens is 318 g/mol. The quantitative estimate of drug-likeness (QED) is 0.782. The molecule has 0 spiro atoms. The summed E-state index contributed by atoms with van der Waals surface area (Å²) in [6.07, 6.45) is 3.59. The van der Waals surface area contributed by atoms with Crippen LogP contribution in [0.25, 0.3) is 5.65 Å². The number of nitrogens with zero attached hydrogens (tertiary/aromatic N) is 5. The SMILES string of the molecule is O=C(O)c1ccccc1CN1CCN(c2ccc3nccn3n2)CC1. The minimum Gasteiger partial charge on any atom is -0.478 e. The van der Waals surface area contributed by atoms with Crippen LogP contribution in [0.5, 0.6) is 0 Å². The average Bonchev–Trinajstić information content (AvgIpc) is 3.10. The fourth-order valence-electron chi connectivity index (χ4n) is 3.22. The second-order valence-corrected chi connectivity index (χ2v) is 6.15. The van der Waals surface area contributed by atoms with E-state index in [0.29, 0.717) is 12.1 Å². The number of piperazine rings is 1. The van der Waals surface area contributed by atoms with Crippen molar-refractivity contribution in [3.05, 3.63) is 59.9 Å². The fraction of sp³-hybridized carbons (Fsp3) is 0.278. The summed E-state index contributed by atoms with van der Waals surface area (Å²) in [4.78, 5) is 20.1. The molecule has 0 amide bonds. The highest BCUT2D eigenvalue weighted by atomic mass is 16.4. The van der Waals surface area contributed by atoms with Crippen molar-refractivity contribution in [3.8, 4) is 0 Å².